The normalized spacial score (nSPS) is 5.00. The van der Waals surface area contributed by atoms with E-state index in [9.17, 15) is 0 Å². The van der Waals surface area contributed by atoms with Crippen molar-refractivity contribution in [2.75, 3.05) is 0 Å². The van der Waals surface area contributed by atoms with Crippen LogP contribution >= 0.6 is 98.4 Å². The number of rotatable bonds is 0. The van der Waals surface area contributed by atoms with Gasteiger partial charge in [-0.1, -0.05) is 12.2 Å². The summed E-state index contributed by atoms with van der Waals surface area (Å²) in [6.07, 6.45) is 0. The number of allylic oxidation sites excluding steroid dienone is 2. The monoisotopic (exact) mass is 927 g/mol. The predicted molar refractivity (Wildman–Crippen MR) is 124 cm³/mol. The zero-order valence-electron chi connectivity index (χ0n) is 10.6. The van der Waals surface area contributed by atoms with Crippen molar-refractivity contribution >= 4 is 98.4 Å². The number of nitrogens with zero attached hydrogens (tertiary/aromatic N) is 2. The molecule has 0 aromatic heterocycles. The molecule has 8 heteroatoms. The van der Waals surface area contributed by atoms with Crippen molar-refractivity contribution in [1.82, 2.24) is 0 Å². The Morgan fingerprint density at radius 3 is 1.11 bits per heavy atom. The van der Waals surface area contributed by atoms with Crippen LogP contribution in [0.1, 0.15) is 27.7 Å². The van der Waals surface area contributed by atoms with Crippen molar-refractivity contribution in [1.29, 1.82) is 10.5 Å². The third-order valence-electron chi connectivity index (χ3n) is 0.191. The van der Waals surface area contributed by atoms with Gasteiger partial charge in [-0.2, -0.15) is 10.5 Å². The van der Waals surface area contributed by atoms with Crippen LogP contribution in [0.4, 0.5) is 0 Å². The van der Waals surface area contributed by atoms with Crippen LogP contribution in [0.15, 0.2) is 24.3 Å². The summed E-state index contributed by atoms with van der Waals surface area (Å²) in [5, 5.41) is 15.1. The molecule has 0 bridgehead atoms. The average Bonchev–Trinajstić information content (AvgIpc) is 2.22. The first-order chi connectivity index (χ1) is 7.83. The molecule has 0 spiro atoms. The summed E-state index contributed by atoms with van der Waals surface area (Å²) in [6.45, 7) is 13.9. The van der Waals surface area contributed by atoms with E-state index in [-0.39, 0.29) is 24.0 Å². The van der Waals surface area contributed by atoms with Gasteiger partial charge in [-0.3, -0.25) is 0 Å². The predicted octanol–water partition coefficient (Wildman–Crippen LogP) is 4.36. The molecule has 0 rings (SSSR count). The quantitative estimate of drug-likeness (QED) is 0.206. The zero-order valence-corrected chi connectivity index (χ0v) is 23.7. The molecule has 0 N–H and O–H groups in total. The average molecular weight is 927 g/mol. The molecule has 0 aliphatic carbocycles. The fourth-order valence-corrected chi connectivity index (χ4v) is 0. The van der Waals surface area contributed by atoms with Gasteiger partial charge >= 0.3 is 50.5 Å². The molecule has 0 amide bonds. The SMILES string of the molecule is C=C(C)C.C=C(C)C#N.CC#N.I.II.I[I-]I. The minimum absolute atomic E-state index is 0. The first kappa shape index (κ1) is 37.2. The Morgan fingerprint density at radius 1 is 1.06 bits per heavy atom. The Bertz CT molecular complexity index is 226. The van der Waals surface area contributed by atoms with E-state index in [1.165, 1.54) is 12.5 Å². The van der Waals surface area contributed by atoms with Gasteiger partial charge in [0.25, 0.3) is 0 Å². The fourth-order valence-electron chi connectivity index (χ4n) is 0. The second kappa shape index (κ2) is 50.2. The number of hydrogen-bond donors (Lipinski definition) is 0. The van der Waals surface area contributed by atoms with Gasteiger partial charge in [0.15, 0.2) is 0 Å². The Morgan fingerprint density at radius 2 is 1.11 bits per heavy atom. The van der Waals surface area contributed by atoms with Gasteiger partial charge in [-0.05, 0) is 20.8 Å². The van der Waals surface area contributed by atoms with Gasteiger partial charge in [-0.25, -0.2) is 0 Å². The van der Waals surface area contributed by atoms with Gasteiger partial charge in [0, 0.05) is 49.7 Å². The van der Waals surface area contributed by atoms with Gasteiger partial charge in [-0.15, -0.1) is 30.6 Å². The summed E-state index contributed by atoms with van der Waals surface area (Å²) in [7, 11) is 0. The van der Waals surface area contributed by atoms with Crippen LogP contribution in [0, 0.1) is 22.7 Å². The Balaban J connectivity index is -0.0000000255. The first-order valence-electron chi connectivity index (χ1n) is 3.83. The topological polar surface area (TPSA) is 47.6 Å². The van der Waals surface area contributed by atoms with E-state index in [1.54, 1.807) is 13.0 Å². The molecule has 0 aliphatic rings. The summed E-state index contributed by atoms with van der Waals surface area (Å²) in [5.74, 6) is 0. The molecule has 0 fully saturated rings. The van der Waals surface area contributed by atoms with E-state index in [2.05, 4.69) is 87.6 Å². The maximum atomic E-state index is 7.79. The van der Waals surface area contributed by atoms with E-state index in [0.717, 1.165) is 0 Å². The van der Waals surface area contributed by atoms with E-state index < -0.39 is 0 Å². The summed E-state index contributed by atoms with van der Waals surface area (Å²) in [5.41, 5.74) is 1.73. The molecule has 0 saturated carbocycles. The van der Waals surface area contributed by atoms with Crippen molar-refractivity contribution in [2.45, 2.75) is 27.7 Å². The molecule has 110 valence electrons. The first-order valence-corrected chi connectivity index (χ1v) is 22.7. The second-order valence-electron chi connectivity index (χ2n) is 2.38. The van der Waals surface area contributed by atoms with Crippen LogP contribution in [-0.2, 0) is 0 Å². The Labute approximate surface area is 182 Å². The Kier molecular flexibility index (Phi) is 104. The molecule has 0 unspecified atom stereocenters. The van der Waals surface area contributed by atoms with Crippen molar-refractivity contribution in [3.05, 3.63) is 24.3 Å². The van der Waals surface area contributed by atoms with E-state index in [1.807, 2.05) is 19.9 Å². The van der Waals surface area contributed by atoms with Crippen molar-refractivity contribution in [2.24, 2.45) is 0 Å². The minimum atomic E-state index is 0. The molecule has 18 heavy (non-hydrogen) atoms. The molecule has 2 nitrogen and oxygen atoms in total. The summed E-state index contributed by atoms with van der Waals surface area (Å²) < 4.78 is 0. The van der Waals surface area contributed by atoms with Crippen LogP contribution in [0.5, 0.6) is 0 Å². The van der Waals surface area contributed by atoms with E-state index >= 15 is 0 Å². The van der Waals surface area contributed by atoms with Gasteiger partial charge in [0.1, 0.15) is 0 Å². The van der Waals surface area contributed by atoms with E-state index in [0.29, 0.717) is 18.8 Å². The molecule has 0 aromatic rings. The third kappa shape index (κ3) is 256. The van der Waals surface area contributed by atoms with Gasteiger partial charge in [0.2, 0.25) is 0 Å². The van der Waals surface area contributed by atoms with Crippen molar-refractivity contribution in [3.8, 4) is 12.1 Å². The molecular formula is C10H17I6N2-. The molecular weight excluding hydrogens is 910 g/mol. The van der Waals surface area contributed by atoms with Crippen LogP contribution in [0.2, 0.25) is 0 Å². The molecule has 0 saturated heterocycles. The molecule has 0 heterocycles. The molecule has 0 atom stereocenters. The fraction of sp³-hybridized carbons (Fsp3) is 0.400. The van der Waals surface area contributed by atoms with Gasteiger partial charge in [0.05, 0.1) is 12.1 Å². The van der Waals surface area contributed by atoms with Gasteiger partial charge < -0.3 is 0 Å². The zero-order chi connectivity index (χ0) is 15.3. The number of halogens is 6. The third-order valence-corrected chi connectivity index (χ3v) is 0.191. The summed E-state index contributed by atoms with van der Waals surface area (Å²) in [6, 6.07) is 3.58. The van der Waals surface area contributed by atoms with E-state index in [4.69, 9.17) is 10.5 Å². The molecule has 0 aromatic carbocycles. The number of nitriles is 2. The molecule has 0 aliphatic heterocycles. The summed E-state index contributed by atoms with van der Waals surface area (Å²) >= 11 is 9.54. The molecule has 0 radical (unpaired) electrons. The van der Waals surface area contributed by atoms with Crippen LogP contribution in [0.25, 0.3) is 0 Å². The van der Waals surface area contributed by atoms with Crippen LogP contribution in [0.3, 0.4) is 0 Å². The summed E-state index contributed by atoms with van der Waals surface area (Å²) in [4.78, 5) is 0. The Hall–Kier alpha value is 2.84. The van der Waals surface area contributed by atoms with Crippen LogP contribution < -0.4 is 13.3 Å². The van der Waals surface area contributed by atoms with Crippen molar-refractivity contribution in [3.63, 3.8) is 0 Å². The van der Waals surface area contributed by atoms with Crippen molar-refractivity contribution < 1.29 is 13.3 Å². The number of hydrogen-bond acceptors (Lipinski definition) is 2. The maximum absolute atomic E-state index is 7.79. The second-order valence-corrected chi connectivity index (χ2v) is 18.6. The van der Waals surface area contributed by atoms with Crippen LogP contribution in [-0.4, -0.2) is 0 Å². The standard InChI is InChI=1S/C4H5N.C4H8.C2H3N.I3.I2.HI/c1-4(2)3-5;1-4(2)3;1-2-3;1-3-2;1-2;/h1H2,2H3;1H2,2-3H3;1H3;;;1H/q;;;-1;;.